The average molecular weight is 288 g/mol. The molecule has 1 aromatic carbocycles. The van der Waals surface area contributed by atoms with Gasteiger partial charge in [-0.3, -0.25) is 0 Å². The molecular weight excluding hydrogens is 268 g/mol. The maximum atomic E-state index is 11.1. The molecule has 0 bridgehead atoms. The van der Waals surface area contributed by atoms with E-state index < -0.39 is 5.97 Å². The fourth-order valence-corrected chi connectivity index (χ4v) is 3.07. The van der Waals surface area contributed by atoms with Gasteiger partial charge in [-0.2, -0.15) is 0 Å². The monoisotopic (exact) mass is 288 g/mol. The van der Waals surface area contributed by atoms with E-state index in [0.29, 0.717) is 0 Å². The molecule has 1 fully saturated rings. The van der Waals surface area contributed by atoms with Gasteiger partial charge < -0.3 is 14.4 Å². The number of carboxylic acids is 1. The first-order chi connectivity index (χ1) is 9.99. The second kappa shape index (κ2) is 5.15. The molecule has 0 radical (unpaired) electrons. The van der Waals surface area contributed by atoms with E-state index in [1.54, 1.807) is 12.1 Å². The highest BCUT2D eigenvalue weighted by Crippen LogP contribution is 2.33. The summed E-state index contributed by atoms with van der Waals surface area (Å²) in [6.45, 7) is 7.06. The Morgan fingerprint density at radius 3 is 2.81 bits per heavy atom. The predicted octanol–water partition coefficient (Wildman–Crippen LogP) is 3.21. The Bertz CT molecular complexity index is 690. The van der Waals surface area contributed by atoms with Gasteiger partial charge in [0, 0.05) is 12.5 Å². The number of carboxylic acid groups (broad SMARTS) is 1. The van der Waals surface area contributed by atoms with Crippen molar-refractivity contribution < 1.29 is 14.6 Å². The summed E-state index contributed by atoms with van der Waals surface area (Å²) in [4.78, 5) is 15.8. The lowest BCUT2D eigenvalue weighted by Gasteiger charge is -2.21. The van der Waals surface area contributed by atoms with Crippen molar-refractivity contribution in [2.24, 2.45) is 0 Å². The molecule has 0 saturated carbocycles. The average Bonchev–Trinajstić information content (AvgIpc) is 3.00. The molecule has 5 heteroatoms. The van der Waals surface area contributed by atoms with Gasteiger partial charge in [-0.25, -0.2) is 9.78 Å². The molecule has 0 amide bonds. The van der Waals surface area contributed by atoms with Crippen molar-refractivity contribution in [3.05, 3.63) is 29.6 Å². The van der Waals surface area contributed by atoms with Crippen molar-refractivity contribution in [3.8, 4) is 0 Å². The van der Waals surface area contributed by atoms with Crippen LogP contribution in [0.2, 0.25) is 0 Å². The minimum atomic E-state index is -0.921. The van der Waals surface area contributed by atoms with Crippen molar-refractivity contribution in [1.82, 2.24) is 9.55 Å². The van der Waals surface area contributed by atoms with Crippen molar-refractivity contribution >= 4 is 17.0 Å². The number of carbonyl (C=O) groups is 1. The summed E-state index contributed by atoms with van der Waals surface area (Å²) in [7, 11) is 0. The molecule has 1 aliphatic heterocycles. The van der Waals surface area contributed by atoms with Crippen molar-refractivity contribution in [2.45, 2.75) is 45.3 Å². The summed E-state index contributed by atoms with van der Waals surface area (Å²) in [5.74, 6) is 0.350. The van der Waals surface area contributed by atoms with Gasteiger partial charge in [0.2, 0.25) is 0 Å². The predicted molar refractivity (Wildman–Crippen MR) is 79.8 cm³/mol. The maximum absolute atomic E-state index is 11.1. The van der Waals surface area contributed by atoms with Gasteiger partial charge in [-0.05, 0) is 31.5 Å². The van der Waals surface area contributed by atoms with Gasteiger partial charge in [-0.1, -0.05) is 13.8 Å². The summed E-state index contributed by atoms with van der Waals surface area (Å²) < 4.78 is 7.93. The normalized spacial score (nSPS) is 22.3. The summed E-state index contributed by atoms with van der Waals surface area (Å²) >= 11 is 0. The van der Waals surface area contributed by atoms with Crippen LogP contribution in [0.4, 0.5) is 0 Å². The lowest BCUT2D eigenvalue weighted by molar-refractivity contribution is 0.0697. The summed E-state index contributed by atoms with van der Waals surface area (Å²) in [5.41, 5.74) is 2.02. The maximum Gasteiger partial charge on any atom is 0.335 e. The smallest absolute Gasteiger partial charge is 0.335 e. The molecule has 3 rings (SSSR count). The van der Waals surface area contributed by atoms with Crippen LogP contribution in [-0.4, -0.2) is 33.3 Å². The molecule has 2 atom stereocenters. The van der Waals surface area contributed by atoms with Crippen LogP contribution in [0.25, 0.3) is 11.0 Å². The molecule has 5 nitrogen and oxygen atoms in total. The third-order valence-corrected chi connectivity index (χ3v) is 4.15. The quantitative estimate of drug-likeness (QED) is 0.942. The molecule has 1 aromatic heterocycles. The van der Waals surface area contributed by atoms with Crippen LogP contribution in [0.15, 0.2) is 18.2 Å². The third-order valence-electron chi connectivity index (χ3n) is 4.15. The SMILES string of the molecule is CC(C)c1nc2cc(C(=O)O)ccc2n1C1CCOC1C. The highest BCUT2D eigenvalue weighted by Gasteiger charge is 2.30. The zero-order valence-electron chi connectivity index (χ0n) is 12.5. The minimum absolute atomic E-state index is 0.152. The molecule has 2 heterocycles. The molecule has 2 aromatic rings. The van der Waals surface area contributed by atoms with Gasteiger partial charge in [0.15, 0.2) is 0 Å². The van der Waals surface area contributed by atoms with E-state index in [1.807, 2.05) is 6.07 Å². The lowest BCUT2D eigenvalue weighted by atomic mass is 10.1. The van der Waals surface area contributed by atoms with Gasteiger partial charge in [0.25, 0.3) is 0 Å². The Labute approximate surface area is 123 Å². The van der Waals surface area contributed by atoms with Crippen molar-refractivity contribution in [3.63, 3.8) is 0 Å². The molecule has 1 N–H and O–H groups in total. The first-order valence-electron chi connectivity index (χ1n) is 7.36. The van der Waals surface area contributed by atoms with Gasteiger partial charge >= 0.3 is 5.97 Å². The van der Waals surface area contributed by atoms with Gasteiger partial charge in [0.1, 0.15) is 5.82 Å². The molecule has 2 unspecified atom stereocenters. The van der Waals surface area contributed by atoms with E-state index in [0.717, 1.165) is 29.9 Å². The molecule has 21 heavy (non-hydrogen) atoms. The molecule has 112 valence electrons. The van der Waals surface area contributed by atoms with E-state index >= 15 is 0 Å². The Kier molecular flexibility index (Phi) is 3.45. The zero-order chi connectivity index (χ0) is 15.1. The number of fused-ring (bicyclic) bond motifs is 1. The van der Waals surface area contributed by atoms with Crippen LogP contribution >= 0.6 is 0 Å². The van der Waals surface area contributed by atoms with Crippen LogP contribution in [0.1, 0.15) is 55.3 Å². The summed E-state index contributed by atoms with van der Waals surface area (Å²) in [6.07, 6.45) is 1.12. The lowest BCUT2D eigenvalue weighted by Crippen LogP contribution is -2.19. The van der Waals surface area contributed by atoms with Crippen LogP contribution in [0.3, 0.4) is 0 Å². The van der Waals surface area contributed by atoms with Crippen LogP contribution < -0.4 is 0 Å². The minimum Gasteiger partial charge on any atom is -0.478 e. The van der Waals surface area contributed by atoms with E-state index in [1.165, 1.54) is 0 Å². The second-order valence-electron chi connectivity index (χ2n) is 5.94. The number of nitrogens with zero attached hydrogens (tertiary/aromatic N) is 2. The van der Waals surface area contributed by atoms with Crippen LogP contribution in [0, 0.1) is 0 Å². The van der Waals surface area contributed by atoms with Crippen LogP contribution in [0.5, 0.6) is 0 Å². The zero-order valence-corrected chi connectivity index (χ0v) is 12.5. The molecule has 0 spiro atoms. The number of benzene rings is 1. The molecule has 1 aliphatic rings. The highest BCUT2D eigenvalue weighted by atomic mass is 16.5. The molecule has 0 aliphatic carbocycles. The summed E-state index contributed by atoms with van der Waals surface area (Å²) in [6, 6.07) is 5.43. The number of hydrogen-bond acceptors (Lipinski definition) is 3. The summed E-state index contributed by atoms with van der Waals surface area (Å²) in [5, 5.41) is 9.13. The number of imidazole rings is 1. The fourth-order valence-electron chi connectivity index (χ4n) is 3.07. The Hall–Kier alpha value is -1.88. The van der Waals surface area contributed by atoms with Gasteiger partial charge in [0.05, 0.1) is 28.7 Å². The molecular formula is C16H20N2O3. The number of aromatic nitrogens is 2. The highest BCUT2D eigenvalue weighted by molar-refractivity contribution is 5.92. The van der Waals surface area contributed by atoms with E-state index in [9.17, 15) is 4.79 Å². The number of aromatic carboxylic acids is 1. The van der Waals surface area contributed by atoms with Crippen molar-refractivity contribution in [1.29, 1.82) is 0 Å². The second-order valence-corrected chi connectivity index (χ2v) is 5.94. The van der Waals surface area contributed by atoms with E-state index in [2.05, 4.69) is 30.3 Å². The first-order valence-corrected chi connectivity index (χ1v) is 7.36. The van der Waals surface area contributed by atoms with Gasteiger partial charge in [-0.15, -0.1) is 0 Å². The number of rotatable bonds is 3. The largest absolute Gasteiger partial charge is 0.478 e. The Morgan fingerprint density at radius 2 is 2.24 bits per heavy atom. The molecule has 1 saturated heterocycles. The topological polar surface area (TPSA) is 64.3 Å². The van der Waals surface area contributed by atoms with E-state index in [-0.39, 0.29) is 23.6 Å². The van der Waals surface area contributed by atoms with Crippen molar-refractivity contribution in [2.75, 3.05) is 6.61 Å². The third kappa shape index (κ3) is 2.31. The Balaban J connectivity index is 2.20. The fraction of sp³-hybridized carbons (Fsp3) is 0.500. The first kappa shape index (κ1) is 14.1. The van der Waals surface area contributed by atoms with E-state index in [4.69, 9.17) is 9.84 Å². The number of ether oxygens (including phenoxy) is 1. The van der Waals surface area contributed by atoms with Crippen LogP contribution in [-0.2, 0) is 4.74 Å². The number of hydrogen-bond donors (Lipinski definition) is 1. The Morgan fingerprint density at radius 1 is 1.48 bits per heavy atom. The standard InChI is InChI=1S/C16H20N2O3/c1-9(2)15-17-12-8-11(16(19)20)4-5-14(12)18(15)13-6-7-21-10(13)3/h4-5,8-10,13H,6-7H2,1-3H3,(H,19,20).